The third kappa shape index (κ3) is 5.06. The summed E-state index contributed by atoms with van der Waals surface area (Å²) in [6.45, 7) is 1.16. The van der Waals surface area contributed by atoms with E-state index in [-0.39, 0.29) is 13.0 Å². The summed E-state index contributed by atoms with van der Waals surface area (Å²) in [6.07, 6.45) is -5.26. The number of likely N-dealkylation sites (tertiary alicyclic amines) is 1. The van der Waals surface area contributed by atoms with Crippen LogP contribution in [0.4, 0.5) is 13.2 Å². The molecule has 1 heterocycles. The lowest BCUT2D eigenvalue weighted by Crippen LogP contribution is -2.54. The van der Waals surface area contributed by atoms with Crippen LogP contribution in [0.5, 0.6) is 0 Å². The van der Waals surface area contributed by atoms with Crippen molar-refractivity contribution in [3.05, 3.63) is 0 Å². The molecule has 1 saturated heterocycles. The molecule has 0 bridgehead atoms. The topological polar surface area (TPSA) is 119 Å². The highest BCUT2D eigenvalue weighted by Gasteiger charge is 2.44. The van der Waals surface area contributed by atoms with Crippen LogP contribution in [0.3, 0.4) is 0 Å². The van der Waals surface area contributed by atoms with Gasteiger partial charge in [-0.2, -0.15) is 13.2 Å². The van der Waals surface area contributed by atoms with E-state index in [1.165, 1.54) is 5.48 Å². The largest absolute Gasteiger partial charge is 0.480 e. The molecule has 0 radical (unpaired) electrons. The summed E-state index contributed by atoms with van der Waals surface area (Å²) < 4.78 is 39.0. The highest BCUT2D eigenvalue weighted by molar-refractivity contribution is 5.85. The lowest BCUT2D eigenvalue weighted by molar-refractivity contribution is -0.168. The van der Waals surface area contributed by atoms with Gasteiger partial charge in [0.05, 0.1) is 12.5 Å². The van der Waals surface area contributed by atoms with Crippen molar-refractivity contribution < 1.29 is 37.9 Å². The van der Waals surface area contributed by atoms with Gasteiger partial charge in [0.25, 0.3) is 5.91 Å². The first kappa shape index (κ1) is 19.2. The van der Waals surface area contributed by atoms with Crippen molar-refractivity contribution in [2.75, 3.05) is 6.54 Å². The molecule has 1 fully saturated rings. The van der Waals surface area contributed by atoms with Gasteiger partial charge in [-0.25, -0.2) is 10.3 Å². The Labute approximate surface area is 129 Å². The molecule has 0 spiro atoms. The number of carbonyl (C=O) groups excluding carboxylic acids is 2. The van der Waals surface area contributed by atoms with Crippen LogP contribution in [-0.4, -0.2) is 63.8 Å². The van der Waals surface area contributed by atoms with Crippen LogP contribution in [0.1, 0.15) is 26.2 Å². The van der Waals surface area contributed by atoms with Gasteiger partial charge < -0.3 is 10.0 Å². The summed E-state index contributed by atoms with van der Waals surface area (Å²) in [7, 11) is 0. The number of carbonyl (C=O) groups is 3. The van der Waals surface area contributed by atoms with Crippen molar-refractivity contribution in [1.29, 1.82) is 0 Å². The molecule has 0 aromatic carbocycles. The fraction of sp³-hybridized carbons (Fsp3) is 0.750. The van der Waals surface area contributed by atoms with E-state index in [1.54, 1.807) is 0 Å². The lowest BCUT2D eigenvalue weighted by atomic mass is 10.1. The molecule has 0 saturated carbocycles. The van der Waals surface area contributed by atoms with Crippen LogP contribution in [0.15, 0.2) is 0 Å². The van der Waals surface area contributed by atoms with Gasteiger partial charge in [0, 0.05) is 6.54 Å². The summed E-state index contributed by atoms with van der Waals surface area (Å²) in [5.74, 6) is -3.31. The molecule has 11 heteroatoms. The van der Waals surface area contributed by atoms with Crippen molar-refractivity contribution in [2.24, 2.45) is 0 Å². The number of aliphatic carboxylic acids is 1. The molecule has 1 aliphatic rings. The average Bonchev–Trinajstić information content (AvgIpc) is 2.94. The maximum absolute atomic E-state index is 13.0. The molecule has 0 aliphatic carbocycles. The van der Waals surface area contributed by atoms with Crippen molar-refractivity contribution in [3.63, 3.8) is 0 Å². The zero-order valence-corrected chi connectivity index (χ0v) is 12.3. The minimum atomic E-state index is -4.82. The second kappa shape index (κ2) is 7.59. The molecular formula is C12H18F3N3O5. The fourth-order valence-corrected chi connectivity index (χ4v) is 2.36. The monoisotopic (exact) mass is 341 g/mol. The van der Waals surface area contributed by atoms with E-state index < -0.39 is 48.5 Å². The number of nitrogens with one attached hydrogen (secondary N) is 2. The molecule has 23 heavy (non-hydrogen) atoms. The van der Waals surface area contributed by atoms with E-state index >= 15 is 0 Å². The standard InChI is InChI=1S/C12H18F3N3O5/c1-6(10(20)17-23)16-8(12(13,14)15)5-9(19)18-4-2-3-7(18)11(21)22/h6-8,16,23H,2-5H2,1H3,(H,17,20)(H,21,22)/t6-,7-,8?/m0/s1. The fourth-order valence-electron chi connectivity index (χ4n) is 2.36. The maximum atomic E-state index is 13.0. The van der Waals surface area contributed by atoms with Gasteiger partial charge in [-0.1, -0.05) is 0 Å². The Morgan fingerprint density at radius 1 is 1.35 bits per heavy atom. The van der Waals surface area contributed by atoms with Gasteiger partial charge in [0.1, 0.15) is 12.1 Å². The highest BCUT2D eigenvalue weighted by Crippen LogP contribution is 2.26. The lowest BCUT2D eigenvalue weighted by Gasteiger charge is -2.27. The van der Waals surface area contributed by atoms with E-state index in [0.29, 0.717) is 6.42 Å². The summed E-state index contributed by atoms with van der Waals surface area (Å²) in [5, 5.41) is 19.3. The molecule has 3 atom stereocenters. The van der Waals surface area contributed by atoms with E-state index in [1.807, 2.05) is 5.32 Å². The highest BCUT2D eigenvalue weighted by atomic mass is 19.4. The number of alkyl halides is 3. The number of hydrogen-bond acceptors (Lipinski definition) is 5. The van der Waals surface area contributed by atoms with Crippen molar-refractivity contribution in [3.8, 4) is 0 Å². The molecule has 8 nitrogen and oxygen atoms in total. The Kier molecular flexibility index (Phi) is 6.33. The van der Waals surface area contributed by atoms with Gasteiger partial charge in [-0.3, -0.25) is 20.1 Å². The first-order valence-electron chi connectivity index (χ1n) is 6.87. The van der Waals surface area contributed by atoms with E-state index in [2.05, 4.69) is 0 Å². The number of amides is 2. The van der Waals surface area contributed by atoms with Gasteiger partial charge in [0.2, 0.25) is 5.91 Å². The number of rotatable bonds is 6. The molecule has 0 aromatic heterocycles. The number of hydrogen-bond donors (Lipinski definition) is 4. The predicted octanol–water partition coefficient (Wildman–Crippen LogP) is -0.133. The minimum Gasteiger partial charge on any atom is -0.480 e. The third-order valence-corrected chi connectivity index (χ3v) is 3.59. The van der Waals surface area contributed by atoms with Gasteiger partial charge in [-0.15, -0.1) is 0 Å². The van der Waals surface area contributed by atoms with E-state index in [0.717, 1.165) is 11.8 Å². The maximum Gasteiger partial charge on any atom is 0.404 e. The first-order chi connectivity index (χ1) is 10.6. The Morgan fingerprint density at radius 2 is 1.96 bits per heavy atom. The van der Waals surface area contributed by atoms with Crippen molar-refractivity contribution >= 4 is 17.8 Å². The van der Waals surface area contributed by atoms with E-state index in [4.69, 9.17) is 10.3 Å². The minimum absolute atomic E-state index is 0.0764. The predicted molar refractivity (Wildman–Crippen MR) is 69.4 cm³/mol. The second-order valence-corrected chi connectivity index (χ2v) is 5.25. The molecule has 4 N–H and O–H groups in total. The van der Waals surface area contributed by atoms with Crippen LogP contribution >= 0.6 is 0 Å². The molecular weight excluding hydrogens is 323 g/mol. The third-order valence-electron chi connectivity index (χ3n) is 3.59. The Hall–Kier alpha value is -1.88. The van der Waals surface area contributed by atoms with E-state index in [9.17, 15) is 27.6 Å². The first-order valence-corrected chi connectivity index (χ1v) is 6.87. The van der Waals surface area contributed by atoms with Crippen LogP contribution in [0.2, 0.25) is 0 Å². The van der Waals surface area contributed by atoms with Crippen LogP contribution in [0.25, 0.3) is 0 Å². The average molecular weight is 341 g/mol. The van der Waals surface area contributed by atoms with Gasteiger partial charge >= 0.3 is 12.1 Å². The number of carboxylic acid groups (broad SMARTS) is 1. The number of hydroxylamine groups is 1. The number of halogens is 3. The van der Waals surface area contributed by atoms with Crippen molar-refractivity contribution in [2.45, 2.75) is 50.5 Å². The molecule has 1 aliphatic heterocycles. The molecule has 2 amide bonds. The summed E-state index contributed by atoms with van der Waals surface area (Å²) in [5.41, 5.74) is 1.21. The quantitative estimate of drug-likeness (QED) is 0.395. The molecule has 132 valence electrons. The van der Waals surface area contributed by atoms with Crippen LogP contribution in [-0.2, 0) is 14.4 Å². The summed E-state index contributed by atoms with van der Waals surface area (Å²) in [6, 6.07) is -4.86. The molecule has 1 rings (SSSR count). The number of nitrogens with zero attached hydrogens (tertiary/aromatic N) is 1. The Balaban J connectivity index is 2.79. The zero-order chi connectivity index (χ0) is 17.8. The summed E-state index contributed by atoms with van der Waals surface area (Å²) in [4.78, 5) is 35.0. The second-order valence-electron chi connectivity index (χ2n) is 5.25. The van der Waals surface area contributed by atoms with Gasteiger partial charge in [0.15, 0.2) is 0 Å². The number of carboxylic acids is 1. The normalized spacial score (nSPS) is 20.9. The van der Waals surface area contributed by atoms with Crippen LogP contribution < -0.4 is 10.8 Å². The SMILES string of the molecule is C[C@H](NC(CC(=O)N1CCC[C@H]1C(=O)O)C(F)(F)F)C(=O)NO. The molecule has 1 unspecified atom stereocenters. The summed E-state index contributed by atoms with van der Waals surface area (Å²) >= 11 is 0. The molecule has 0 aromatic rings. The zero-order valence-electron chi connectivity index (χ0n) is 12.3. The Bertz CT molecular complexity index is 471. The van der Waals surface area contributed by atoms with Crippen molar-refractivity contribution in [1.82, 2.24) is 15.7 Å². The Morgan fingerprint density at radius 3 is 2.43 bits per heavy atom. The van der Waals surface area contributed by atoms with Gasteiger partial charge in [-0.05, 0) is 19.8 Å². The smallest absolute Gasteiger partial charge is 0.404 e. The van der Waals surface area contributed by atoms with Crippen LogP contribution in [0, 0.1) is 0 Å².